The van der Waals surface area contributed by atoms with Crippen LogP contribution in [0.2, 0.25) is 0 Å². The average molecular weight is 293 g/mol. The highest BCUT2D eigenvalue weighted by Gasteiger charge is 2.05. The molecule has 0 aliphatic rings. The molecule has 0 bridgehead atoms. The van der Waals surface area contributed by atoms with Crippen molar-refractivity contribution in [1.82, 2.24) is 5.32 Å². The zero-order chi connectivity index (χ0) is 15.5. The number of hydrogen-bond donors (Lipinski definition) is 1. The van der Waals surface area contributed by atoms with Gasteiger partial charge in [0.1, 0.15) is 5.75 Å². The van der Waals surface area contributed by atoms with Crippen LogP contribution in [0.25, 0.3) is 0 Å². The molecule has 1 rings (SSSR count). The first-order valence-electron chi connectivity index (χ1n) is 7.76. The third kappa shape index (κ3) is 7.71. The molecular formula is C17H27NO3. The molecule has 0 saturated heterocycles. The molecule has 0 radical (unpaired) electrons. The molecule has 21 heavy (non-hydrogen) atoms. The molecule has 0 fully saturated rings. The molecule has 0 unspecified atom stereocenters. The van der Waals surface area contributed by atoms with Crippen LogP contribution < -0.4 is 10.1 Å². The molecule has 1 amide bonds. The van der Waals surface area contributed by atoms with Crippen molar-refractivity contribution in [2.45, 2.75) is 46.1 Å². The number of ether oxygens (including phenoxy) is 2. The predicted octanol–water partition coefficient (Wildman–Crippen LogP) is 3.41. The first-order chi connectivity index (χ1) is 10.1. The number of carbonyl (C=O) groups is 1. The molecule has 1 N–H and O–H groups in total. The highest BCUT2D eigenvalue weighted by molar-refractivity contribution is 5.94. The van der Waals surface area contributed by atoms with E-state index in [9.17, 15) is 4.79 Å². The Hall–Kier alpha value is -1.55. The second-order valence-corrected chi connectivity index (χ2v) is 5.27. The first kappa shape index (κ1) is 17.5. The second-order valence-electron chi connectivity index (χ2n) is 5.27. The van der Waals surface area contributed by atoms with E-state index in [0.717, 1.165) is 31.6 Å². The van der Waals surface area contributed by atoms with E-state index >= 15 is 0 Å². The van der Waals surface area contributed by atoms with Gasteiger partial charge in [-0.15, -0.1) is 0 Å². The Labute approximate surface area is 127 Å². The standard InChI is InChI=1S/C17H27NO3/c1-4-5-12-20-13-6-11-18-17(19)15-7-9-16(10-8-15)21-14(2)3/h7-10,14H,4-6,11-13H2,1-3H3,(H,18,19). The third-order valence-electron chi connectivity index (χ3n) is 2.88. The largest absolute Gasteiger partial charge is 0.491 e. The Morgan fingerprint density at radius 1 is 1.14 bits per heavy atom. The molecular weight excluding hydrogens is 266 g/mol. The van der Waals surface area contributed by atoms with Gasteiger partial charge in [-0.2, -0.15) is 0 Å². The Kier molecular flexibility index (Phi) is 8.51. The van der Waals surface area contributed by atoms with Crippen LogP contribution in [0.15, 0.2) is 24.3 Å². The molecule has 0 saturated carbocycles. The fourth-order valence-electron chi connectivity index (χ4n) is 1.78. The maximum absolute atomic E-state index is 11.9. The van der Waals surface area contributed by atoms with Crippen LogP contribution in [-0.4, -0.2) is 31.8 Å². The fourth-order valence-corrected chi connectivity index (χ4v) is 1.78. The maximum Gasteiger partial charge on any atom is 0.251 e. The molecule has 118 valence electrons. The van der Waals surface area contributed by atoms with Crippen molar-refractivity contribution in [1.29, 1.82) is 0 Å². The van der Waals surface area contributed by atoms with Crippen molar-refractivity contribution >= 4 is 5.91 Å². The normalized spacial score (nSPS) is 10.7. The Morgan fingerprint density at radius 3 is 2.43 bits per heavy atom. The monoisotopic (exact) mass is 293 g/mol. The van der Waals surface area contributed by atoms with Gasteiger partial charge < -0.3 is 14.8 Å². The third-order valence-corrected chi connectivity index (χ3v) is 2.88. The molecule has 0 atom stereocenters. The summed E-state index contributed by atoms with van der Waals surface area (Å²) in [6, 6.07) is 7.21. The fraction of sp³-hybridized carbons (Fsp3) is 0.588. The average Bonchev–Trinajstić information content (AvgIpc) is 2.46. The second kappa shape index (κ2) is 10.2. The van der Waals surface area contributed by atoms with Crippen molar-refractivity contribution in [3.8, 4) is 5.75 Å². The molecule has 0 aliphatic carbocycles. The van der Waals surface area contributed by atoms with E-state index in [0.29, 0.717) is 18.7 Å². The van der Waals surface area contributed by atoms with Gasteiger partial charge in [0, 0.05) is 25.3 Å². The number of benzene rings is 1. The van der Waals surface area contributed by atoms with Crippen LogP contribution in [0.3, 0.4) is 0 Å². The number of carbonyl (C=O) groups excluding carboxylic acids is 1. The van der Waals surface area contributed by atoms with Crippen LogP contribution in [0.4, 0.5) is 0 Å². The summed E-state index contributed by atoms with van der Waals surface area (Å²) < 4.78 is 11.0. The van der Waals surface area contributed by atoms with Gasteiger partial charge in [-0.1, -0.05) is 13.3 Å². The first-order valence-corrected chi connectivity index (χ1v) is 7.76. The van der Waals surface area contributed by atoms with Gasteiger partial charge in [0.25, 0.3) is 5.91 Å². The van der Waals surface area contributed by atoms with Gasteiger partial charge in [-0.3, -0.25) is 4.79 Å². The van der Waals surface area contributed by atoms with Gasteiger partial charge in [0.15, 0.2) is 0 Å². The van der Waals surface area contributed by atoms with Crippen LogP contribution in [0.5, 0.6) is 5.75 Å². The van der Waals surface area contributed by atoms with Gasteiger partial charge in [0.2, 0.25) is 0 Å². The van der Waals surface area contributed by atoms with Gasteiger partial charge >= 0.3 is 0 Å². The lowest BCUT2D eigenvalue weighted by molar-refractivity contribution is 0.0940. The molecule has 0 aliphatic heterocycles. The van der Waals surface area contributed by atoms with Gasteiger partial charge in [0.05, 0.1) is 6.10 Å². The summed E-state index contributed by atoms with van der Waals surface area (Å²) in [5.74, 6) is 0.727. The smallest absolute Gasteiger partial charge is 0.251 e. The van der Waals surface area contributed by atoms with E-state index < -0.39 is 0 Å². The summed E-state index contributed by atoms with van der Waals surface area (Å²) in [5.41, 5.74) is 0.651. The summed E-state index contributed by atoms with van der Waals surface area (Å²) in [6.07, 6.45) is 3.21. The van der Waals surface area contributed by atoms with Crippen LogP contribution in [0, 0.1) is 0 Å². The van der Waals surface area contributed by atoms with Crippen molar-refractivity contribution in [2.75, 3.05) is 19.8 Å². The quantitative estimate of drug-likeness (QED) is 0.672. The summed E-state index contributed by atoms with van der Waals surface area (Å²) in [4.78, 5) is 11.9. The minimum Gasteiger partial charge on any atom is -0.491 e. The Balaban J connectivity index is 2.22. The lowest BCUT2D eigenvalue weighted by Gasteiger charge is -2.10. The SMILES string of the molecule is CCCCOCCCNC(=O)c1ccc(OC(C)C)cc1. The lowest BCUT2D eigenvalue weighted by atomic mass is 10.2. The van der Waals surface area contributed by atoms with Gasteiger partial charge in [-0.25, -0.2) is 0 Å². The molecule has 1 aromatic carbocycles. The predicted molar refractivity (Wildman–Crippen MR) is 84.9 cm³/mol. The van der Waals surface area contributed by atoms with E-state index in [1.165, 1.54) is 0 Å². The zero-order valence-electron chi connectivity index (χ0n) is 13.4. The topological polar surface area (TPSA) is 47.6 Å². The summed E-state index contributed by atoms with van der Waals surface area (Å²) in [7, 11) is 0. The number of hydrogen-bond acceptors (Lipinski definition) is 3. The molecule has 0 heterocycles. The van der Waals surface area contributed by atoms with E-state index in [2.05, 4.69) is 12.2 Å². The molecule has 1 aromatic rings. The molecule has 4 heteroatoms. The molecule has 0 aromatic heterocycles. The van der Waals surface area contributed by atoms with E-state index in [4.69, 9.17) is 9.47 Å². The van der Waals surface area contributed by atoms with Crippen LogP contribution in [-0.2, 0) is 4.74 Å². The number of unbranched alkanes of at least 4 members (excludes halogenated alkanes) is 1. The summed E-state index contributed by atoms with van der Waals surface area (Å²) >= 11 is 0. The van der Waals surface area contributed by atoms with Gasteiger partial charge in [-0.05, 0) is 51.0 Å². The minimum atomic E-state index is -0.0559. The Bertz CT molecular complexity index is 401. The number of nitrogens with one attached hydrogen (secondary N) is 1. The van der Waals surface area contributed by atoms with Crippen molar-refractivity contribution in [3.63, 3.8) is 0 Å². The highest BCUT2D eigenvalue weighted by atomic mass is 16.5. The summed E-state index contributed by atoms with van der Waals surface area (Å²) in [5, 5.41) is 2.89. The van der Waals surface area contributed by atoms with E-state index in [1.54, 1.807) is 12.1 Å². The van der Waals surface area contributed by atoms with Crippen molar-refractivity contribution in [3.05, 3.63) is 29.8 Å². The van der Waals surface area contributed by atoms with E-state index in [1.807, 2.05) is 26.0 Å². The number of rotatable bonds is 10. The summed E-state index contributed by atoms with van der Waals surface area (Å²) in [6.45, 7) is 8.23. The molecule has 4 nitrogen and oxygen atoms in total. The zero-order valence-corrected chi connectivity index (χ0v) is 13.4. The number of amides is 1. The van der Waals surface area contributed by atoms with Crippen LogP contribution >= 0.6 is 0 Å². The minimum absolute atomic E-state index is 0.0559. The maximum atomic E-state index is 11.9. The van der Waals surface area contributed by atoms with Crippen molar-refractivity contribution < 1.29 is 14.3 Å². The van der Waals surface area contributed by atoms with E-state index in [-0.39, 0.29) is 12.0 Å². The van der Waals surface area contributed by atoms with Crippen molar-refractivity contribution in [2.24, 2.45) is 0 Å². The highest BCUT2D eigenvalue weighted by Crippen LogP contribution is 2.13. The molecule has 0 spiro atoms. The Morgan fingerprint density at radius 2 is 1.81 bits per heavy atom. The lowest BCUT2D eigenvalue weighted by Crippen LogP contribution is -2.25. The van der Waals surface area contributed by atoms with Crippen LogP contribution in [0.1, 0.15) is 50.4 Å².